The van der Waals surface area contributed by atoms with Crippen LogP contribution >= 0.6 is 12.4 Å². The van der Waals surface area contributed by atoms with Crippen LogP contribution in [-0.2, 0) is 0 Å². The summed E-state index contributed by atoms with van der Waals surface area (Å²) in [5.41, 5.74) is 1.87. The van der Waals surface area contributed by atoms with Crippen molar-refractivity contribution >= 4 is 18.3 Å². The molecule has 0 spiro atoms. The lowest BCUT2D eigenvalue weighted by Crippen LogP contribution is -2.36. The number of nitrogens with one attached hydrogen (secondary N) is 2. The fourth-order valence-electron chi connectivity index (χ4n) is 1.83. The second-order valence-electron chi connectivity index (χ2n) is 4.03. The van der Waals surface area contributed by atoms with E-state index in [1.807, 2.05) is 31.2 Å². The largest absolute Gasteiger partial charge is 0.348 e. The monoisotopic (exact) mass is 240 g/mol. The van der Waals surface area contributed by atoms with Crippen LogP contribution < -0.4 is 10.6 Å². The summed E-state index contributed by atoms with van der Waals surface area (Å²) < 4.78 is 0. The van der Waals surface area contributed by atoms with Gasteiger partial charge < -0.3 is 10.6 Å². The summed E-state index contributed by atoms with van der Waals surface area (Å²) in [4.78, 5) is 11.8. The molecule has 1 atom stereocenters. The number of amides is 1. The molecule has 0 saturated carbocycles. The molecule has 0 bridgehead atoms. The van der Waals surface area contributed by atoms with Crippen LogP contribution in [0.15, 0.2) is 24.3 Å². The SMILES string of the molecule is Cc1cccc(C(=O)N[C@H]2CCNC2)c1.Cl. The van der Waals surface area contributed by atoms with Crippen molar-refractivity contribution < 1.29 is 4.79 Å². The fraction of sp³-hybridized carbons (Fsp3) is 0.417. The van der Waals surface area contributed by atoms with Crippen molar-refractivity contribution in [3.8, 4) is 0 Å². The number of hydrogen-bond donors (Lipinski definition) is 2. The number of hydrogen-bond acceptors (Lipinski definition) is 2. The molecule has 1 aromatic carbocycles. The molecule has 4 heteroatoms. The Morgan fingerprint density at radius 3 is 2.94 bits per heavy atom. The number of carbonyl (C=O) groups excluding carboxylic acids is 1. The maximum absolute atomic E-state index is 11.8. The van der Waals surface area contributed by atoms with E-state index in [2.05, 4.69) is 10.6 Å². The maximum Gasteiger partial charge on any atom is 0.251 e. The van der Waals surface area contributed by atoms with E-state index in [0.29, 0.717) is 0 Å². The van der Waals surface area contributed by atoms with E-state index in [-0.39, 0.29) is 24.4 Å². The first kappa shape index (κ1) is 13.0. The molecule has 0 unspecified atom stereocenters. The van der Waals surface area contributed by atoms with Crippen molar-refractivity contribution in [2.24, 2.45) is 0 Å². The van der Waals surface area contributed by atoms with Crippen LogP contribution in [0.1, 0.15) is 22.3 Å². The van der Waals surface area contributed by atoms with Crippen molar-refractivity contribution in [2.45, 2.75) is 19.4 Å². The molecule has 0 aliphatic carbocycles. The number of benzene rings is 1. The topological polar surface area (TPSA) is 41.1 Å². The Bertz CT molecular complexity index is 362. The highest BCUT2D eigenvalue weighted by Crippen LogP contribution is 2.05. The molecule has 1 aliphatic rings. The first-order chi connectivity index (χ1) is 7.25. The highest BCUT2D eigenvalue weighted by atomic mass is 35.5. The van der Waals surface area contributed by atoms with E-state index in [1.54, 1.807) is 0 Å². The molecule has 16 heavy (non-hydrogen) atoms. The van der Waals surface area contributed by atoms with E-state index < -0.39 is 0 Å². The lowest BCUT2D eigenvalue weighted by molar-refractivity contribution is 0.0940. The molecule has 2 rings (SSSR count). The van der Waals surface area contributed by atoms with Gasteiger partial charge in [0.05, 0.1) is 0 Å². The van der Waals surface area contributed by atoms with Gasteiger partial charge in [-0.15, -0.1) is 12.4 Å². The minimum absolute atomic E-state index is 0. The van der Waals surface area contributed by atoms with Gasteiger partial charge in [0.15, 0.2) is 0 Å². The summed E-state index contributed by atoms with van der Waals surface area (Å²) in [7, 11) is 0. The van der Waals surface area contributed by atoms with Crippen LogP contribution in [0.25, 0.3) is 0 Å². The van der Waals surface area contributed by atoms with Gasteiger partial charge in [-0.2, -0.15) is 0 Å². The molecule has 0 radical (unpaired) electrons. The average molecular weight is 241 g/mol. The van der Waals surface area contributed by atoms with Gasteiger partial charge in [0, 0.05) is 18.2 Å². The van der Waals surface area contributed by atoms with Gasteiger partial charge in [0.1, 0.15) is 0 Å². The Balaban J connectivity index is 0.00000128. The van der Waals surface area contributed by atoms with Crippen molar-refractivity contribution in [3.63, 3.8) is 0 Å². The third-order valence-corrected chi connectivity index (χ3v) is 2.68. The van der Waals surface area contributed by atoms with Gasteiger partial charge in [-0.05, 0) is 32.0 Å². The molecule has 0 aromatic heterocycles. The van der Waals surface area contributed by atoms with Gasteiger partial charge in [-0.25, -0.2) is 0 Å². The molecular formula is C12H17ClN2O. The zero-order valence-electron chi connectivity index (χ0n) is 9.32. The van der Waals surface area contributed by atoms with Gasteiger partial charge in [0.25, 0.3) is 5.91 Å². The summed E-state index contributed by atoms with van der Waals surface area (Å²) in [6.07, 6.45) is 1.03. The summed E-state index contributed by atoms with van der Waals surface area (Å²) in [5, 5.41) is 6.25. The highest BCUT2D eigenvalue weighted by molar-refractivity contribution is 5.94. The van der Waals surface area contributed by atoms with Crippen LogP contribution in [0.3, 0.4) is 0 Å². The molecule has 88 valence electrons. The number of rotatable bonds is 2. The third kappa shape index (κ3) is 3.22. The van der Waals surface area contributed by atoms with Crippen LogP contribution in [0.2, 0.25) is 0 Å². The van der Waals surface area contributed by atoms with Gasteiger partial charge in [0.2, 0.25) is 0 Å². The molecule has 2 N–H and O–H groups in total. The van der Waals surface area contributed by atoms with E-state index in [9.17, 15) is 4.79 Å². The number of halogens is 1. The number of carbonyl (C=O) groups is 1. The standard InChI is InChI=1S/C12H16N2O.ClH/c1-9-3-2-4-10(7-9)12(15)14-11-5-6-13-8-11;/h2-4,7,11,13H,5-6,8H2,1H3,(H,14,15);1H/t11-;/m0./s1. The van der Waals surface area contributed by atoms with Gasteiger partial charge >= 0.3 is 0 Å². The molecule has 1 amide bonds. The summed E-state index contributed by atoms with van der Waals surface area (Å²) >= 11 is 0. The minimum atomic E-state index is 0. The quantitative estimate of drug-likeness (QED) is 0.823. The van der Waals surface area contributed by atoms with Crippen LogP contribution in [0, 0.1) is 6.92 Å². The molecule has 3 nitrogen and oxygen atoms in total. The zero-order valence-corrected chi connectivity index (χ0v) is 10.1. The smallest absolute Gasteiger partial charge is 0.251 e. The predicted molar refractivity (Wildman–Crippen MR) is 67.2 cm³/mol. The van der Waals surface area contributed by atoms with Crippen molar-refractivity contribution in [3.05, 3.63) is 35.4 Å². The molecule has 1 fully saturated rings. The lowest BCUT2D eigenvalue weighted by Gasteiger charge is -2.11. The van der Waals surface area contributed by atoms with Crippen LogP contribution in [-0.4, -0.2) is 25.0 Å². The highest BCUT2D eigenvalue weighted by Gasteiger charge is 2.17. The zero-order chi connectivity index (χ0) is 10.7. The Kier molecular flexibility index (Phi) is 4.77. The van der Waals surface area contributed by atoms with Crippen molar-refractivity contribution in [2.75, 3.05) is 13.1 Å². The molecule has 1 saturated heterocycles. The Morgan fingerprint density at radius 2 is 2.31 bits per heavy atom. The van der Waals surface area contributed by atoms with E-state index in [1.165, 1.54) is 0 Å². The summed E-state index contributed by atoms with van der Waals surface area (Å²) in [6, 6.07) is 7.96. The first-order valence-corrected chi connectivity index (χ1v) is 5.34. The first-order valence-electron chi connectivity index (χ1n) is 5.34. The van der Waals surface area contributed by atoms with E-state index >= 15 is 0 Å². The van der Waals surface area contributed by atoms with Gasteiger partial charge in [-0.1, -0.05) is 17.7 Å². The van der Waals surface area contributed by atoms with Crippen molar-refractivity contribution in [1.29, 1.82) is 0 Å². The third-order valence-electron chi connectivity index (χ3n) is 2.68. The Morgan fingerprint density at radius 1 is 1.50 bits per heavy atom. The van der Waals surface area contributed by atoms with Crippen LogP contribution in [0.5, 0.6) is 0 Å². The molecule has 1 aliphatic heterocycles. The summed E-state index contributed by atoms with van der Waals surface area (Å²) in [6.45, 7) is 3.88. The molecular weight excluding hydrogens is 224 g/mol. The Hall–Kier alpha value is -1.06. The maximum atomic E-state index is 11.8. The summed E-state index contributed by atoms with van der Waals surface area (Å²) in [5.74, 6) is 0.0346. The second kappa shape index (κ2) is 5.87. The number of aryl methyl sites for hydroxylation is 1. The second-order valence-corrected chi connectivity index (χ2v) is 4.03. The van der Waals surface area contributed by atoms with Gasteiger partial charge in [-0.3, -0.25) is 4.79 Å². The molecule has 1 aromatic rings. The van der Waals surface area contributed by atoms with E-state index in [4.69, 9.17) is 0 Å². The predicted octanol–water partition coefficient (Wildman–Crippen LogP) is 1.51. The average Bonchev–Trinajstić information content (AvgIpc) is 2.70. The normalized spacial score (nSPS) is 18.9. The van der Waals surface area contributed by atoms with Crippen LogP contribution in [0.4, 0.5) is 0 Å². The Labute approximate surface area is 102 Å². The van der Waals surface area contributed by atoms with Crippen molar-refractivity contribution in [1.82, 2.24) is 10.6 Å². The minimum Gasteiger partial charge on any atom is -0.348 e. The molecule has 1 heterocycles. The fourth-order valence-corrected chi connectivity index (χ4v) is 1.83. The van der Waals surface area contributed by atoms with E-state index in [0.717, 1.165) is 30.6 Å². The lowest BCUT2D eigenvalue weighted by atomic mass is 10.1.